The summed E-state index contributed by atoms with van der Waals surface area (Å²) in [6, 6.07) is 15.6. The van der Waals surface area contributed by atoms with Crippen molar-refractivity contribution >= 4 is 17.5 Å². The summed E-state index contributed by atoms with van der Waals surface area (Å²) in [5.41, 5.74) is 5.74. The molecule has 3 N–H and O–H groups in total. The minimum atomic E-state index is -0.601. The van der Waals surface area contributed by atoms with Crippen LogP contribution in [0.4, 0.5) is 10.1 Å². The van der Waals surface area contributed by atoms with Crippen molar-refractivity contribution in [3.8, 4) is 17.1 Å². The quantitative estimate of drug-likeness (QED) is 0.711. The molecule has 0 bridgehead atoms. The molecule has 1 aromatic heterocycles. The number of hydrogen-bond donors (Lipinski definition) is 2. The fourth-order valence-electron chi connectivity index (χ4n) is 2.28. The van der Waals surface area contributed by atoms with Crippen LogP contribution >= 0.6 is 0 Å². The van der Waals surface area contributed by atoms with Crippen molar-refractivity contribution < 1.29 is 23.1 Å². The number of furan rings is 1. The van der Waals surface area contributed by atoms with Gasteiger partial charge in [-0.3, -0.25) is 9.59 Å². The summed E-state index contributed by atoms with van der Waals surface area (Å²) >= 11 is 0. The molecule has 0 aliphatic heterocycles. The van der Waals surface area contributed by atoms with Gasteiger partial charge in [-0.15, -0.1) is 0 Å². The van der Waals surface area contributed by atoms with E-state index in [0.29, 0.717) is 11.4 Å². The number of benzene rings is 2. The van der Waals surface area contributed by atoms with Gasteiger partial charge in [0.25, 0.3) is 11.8 Å². The number of amides is 2. The summed E-state index contributed by atoms with van der Waals surface area (Å²) in [5.74, 6) is -0.866. The molecular formula is C19H15FN2O4. The lowest BCUT2D eigenvalue weighted by Crippen LogP contribution is -2.20. The molecule has 0 saturated carbocycles. The van der Waals surface area contributed by atoms with E-state index in [1.807, 2.05) is 0 Å². The van der Waals surface area contributed by atoms with Gasteiger partial charge in [0.15, 0.2) is 12.4 Å². The van der Waals surface area contributed by atoms with Crippen LogP contribution < -0.4 is 15.8 Å². The van der Waals surface area contributed by atoms with Crippen molar-refractivity contribution in [3.63, 3.8) is 0 Å². The first-order valence-electron chi connectivity index (χ1n) is 7.70. The number of anilines is 1. The molecule has 0 atom stereocenters. The third-order valence-electron chi connectivity index (χ3n) is 3.44. The molecule has 2 amide bonds. The maximum Gasteiger partial charge on any atom is 0.291 e. The highest BCUT2D eigenvalue weighted by Crippen LogP contribution is 2.25. The number of hydrogen-bond acceptors (Lipinski definition) is 4. The Bertz CT molecular complexity index is 952. The van der Waals surface area contributed by atoms with E-state index in [2.05, 4.69) is 5.32 Å². The Hall–Kier alpha value is -3.61. The van der Waals surface area contributed by atoms with Crippen molar-refractivity contribution in [2.45, 2.75) is 0 Å². The molecule has 132 valence electrons. The number of carbonyl (C=O) groups is 2. The Morgan fingerprint density at radius 1 is 1.08 bits per heavy atom. The average molecular weight is 354 g/mol. The summed E-state index contributed by atoms with van der Waals surface area (Å²) < 4.78 is 24.4. The number of ether oxygens (including phenoxy) is 1. The zero-order chi connectivity index (χ0) is 18.5. The van der Waals surface area contributed by atoms with Crippen molar-refractivity contribution in [1.29, 1.82) is 0 Å². The zero-order valence-corrected chi connectivity index (χ0v) is 13.6. The van der Waals surface area contributed by atoms with Crippen molar-refractivity contribution in [1.82, 2.24) is 0 Å². The third-order valence-corrected chi connectivity index (χ3v) is 3.44. The second kappa shape index (κ2) is 7.52. The van der Waals surface area contributed by atoms with E-state index in [1.54, 1.807) is 42.5 Å². The fraction of sp³-hybridized carbons (Fsp3) is 0.0526. The zero-order valence-electron chi connectivity index (χ0n) is 13.6. The first kappa shape index (κ1) is 17.2. The number of halogens is 1. The highest BCUT2D eigenvalue weighted by Gasteiger charge is 2.14. The first-order valence-corrected chi connectivity index (χ1v) is 7.70. The molecule has 3 aromatic rings. The molecule has 0 spiro atoms. The van der Waals surface area contributed by atoms with Crippen LogP contribution in [0.5, 0.6) is 5.75 Å². The first-order chi connectivity index (χ1) is 12.5. The van der Waals surface area contributed by atoms with E-state index in [-0.39, 0.29) is 23.7 Å². The van der Waals surface area contributed by atoms with Gasteiger partial charge in [-0.05, 0) is 36.4 Å². The number of rotatable bonds is 6. The molecule has 0 aliphatic rings. The van der Waals surface area contributed by atoms with Crippen molar-refractivity contribution in [2.75, 3.05) is 11.9 Å². The smallest absolute Gasteiger partial charge is 0.291 e. The standard InChI is InChI=1S/C19H15FN2O4/c20-15-7-2-1-6-14(15)16-8-9-17(26-16)19(24)22-12-4-3-5-13(10-12)25-11-18(21)23/h1-10H,11H2,(H2,21,23)(H,22,24). The molecule has 1 heterocycles. The van der Waals surface area contributed by atoms with E-state index < -0.39 is 17.6 Å². The lowest BCUT2D eigenvalue weighted by atomic mass is 10.1. The molecule has 0 aliphatic carbocycles. The van der Waals surface area contributed by atoms with Crippen LogP contribution in [-0.4, -0.2) is 18.4 Å². The van der Waals surface area contributed by atoms with Crippen LogP contribution in [-0.2, 0) is 4.79 Å². The Balaban J connectivity index is 1.72. The highest BCUT2D eigenvalue weighted by atomic mass is 19.1. The molecular weight excluding hydrogens is 339 g/mol. The average Bonchev–Trinajstić information content (AvgIpc) is 3.11. The largest absolute Gasteiger partial charge is 0.484 e. The van der Waals surface area contributed by atoms with Gasteiger partial charge in [-0.2, -0.15) is 0 Å². The van der Waals surface area contributed by atoms with Crippen LogP contribution in [0.15, 0.2) is 65.1 Å². The van der Waals surface area contributed by atoms with Crippen LogP contribution in [0, 0.1) is 5.82 Å². The summed E-state index contributed by atoms with van der Waals surface area (Å²) in [4.78, 5) is 23.1. The molecule has 0 radical (unpaired) electrons. The highest BCUT2D eigenvalue weighted by molar-refractivity contribution is 6.02. The maximum atomic E-state index is 13.8. The third kappa shape index (κ3) is 4.07. The normalized spacial score (nSPS) is 10.3. The van der Waals surface area contributed by atoms with Gasteiger partial charge in [0, 0.05) is 11.8 Å². The van der Waals surface area contributed by atoms with Crippen LogP contribution in [0.25, 0.3) is 11.3 Å². The second-order valence-corrected chi connectivity index (χ2v) is 5.38. The number of carbonyl (C=O) groups excluding carboxylic acids is 2. The fourth-order valence-corrected chi connectivity index (χ4v) is 2.28. The Labute approximate surface area is 148 Å². The Morgan fingerprint density at radius 2 is 1.88 bits per heavy atom. The summed E-state index contributed by atoms with van der Waals surface area (Å²) in [6.45, 7) is -0.262. The van der Waals surface area contributed by atoms with Crippen LogP contribution in [0.3, 0.4) is 0 Å². The second-order valence-electron chi connectivity index (χ2n) is 5.38. The summed E-state index contributed by atoms with van der Waals surface area (Å²) in [7, 11) is 0. The van der Waals surface area contributed by atoms with Crippen molar-refractivity contribution in [3.05, 3.63) is 72.2 Å². The SMILES string of the molecule is NC(=O)COc1cccc(NC(=O)c2ccc(-c3ccccc3F)o2)c1. The molecule has 7 heteroatoms. The Morgan fingerprint density at radius 3 is 2.65 bits per heavy atom. The number of nitrogens with two attached hydrogens (primary N) is 1. The lowest BCUT2D eigenvalue weighted by molar-refractivity contribution is -0.119. The van der Waals surface area contributed by atoms with E-state index >= 15 is 0 Å². The lowest BCUT2D eigenvalue weighted by Gasteiger charge is -2.07. The predicted octanol–water partition coefficient (Wildman–Crippen LogP) is 3.20. The molecule has 3 rings (SSSR count). The number of primary amides is 1. The van der Waals surface area contributed by atoms with E-state index in [0.717, 1.165) is 0 Å². The molecule has 0 unspecified atom stereocenters. The monoisotopic (exact) mass is 354 g/mol. The van der Waals surface area contributed by atoms with Gasteiger partial charge in [-0.1, -0.05) is 18.2 Å². The van der Waals surface area contributed by atoms with E-state index in [4.69, 9.17) is 14.9 Å². The van der Waals surface area contributed by atoms with Gasteiger partial charge in [0.1, 0.15) is 17.3 Å². The van der Waals surface area contributed by atoms with Crippen molar-refractivity contribution in [2.24, 2.45) is 5.73 Å². The van der Waals surface area contributed by atoms with Gasteiger partial charge >= 0.3 is 0 Å². The van der Waals surface area contributed by atoms with Gasteiger partial charge in [-0.25, -0.2) is 4.39 Å². The minimum absolute atomic E-state index is 0.0340. The molecule has 6 nitrogen and oxygen atoms in total. The summed E-state index contributed by atoms with van der Waals surface area (Å²) in [5, 5.41) is 2.64. The van der Waals surface area contributed by atoms with E-state index in [9.17, 15) is 14.0 Å². The molecule has 26 heavy (non-hydrogen) atoms. The van der Waals surface area contributed by atoms with E-state index in [1.165, 1.54) is 18.2 Å². The van der Waals surface area contributed by atoms with Gasteiger partial charge in [0.2, 0.25) is 0 Å². The molecule has 0 saturated heterocycles. The number of nitrogens with one attached hydrogen (secondary N) is 1. The molecule has 2 aromatic carbocycles. The minimum Gasteiger partial charge on any atom is -0.484 e. The summed E-state index contributed by atoms with van der Waals surface area (Å²) in [6.07, 6.45) is 0. The van der Waals surface area contributed by atoms with Crippen LogP contribution in [0.1, 0.15) is 10.6 Å². The Kier molecular flexibility index (Phi) is 4.98. The van der Waals surface area contributed by atoms with Gasteiger partial charge in [0.05, 0.1) is 5.56 Å². The maximum absolute atomic E-state index is 13.8. The van der Waals surface area contributed by atoms with Crippen LogP contribution in [0.2, 0.25) is 0 Å². The van der Waals surface area contributed by atoms with Gasteiger partial charge < -0.3 is 20.2 Å². The topological polar surface area (TPSA) is 94.6 Å². The predicted molar refractivity (Wildman–Crippen MR) is 93.2 cm³/mol. The molecule has 0 fully saturated rings.